The van der Waals surface area contributed by atoms with E-state index in [9.17, 15) is 14.4 Å². The minimum atomic E-state index is -0.456. The lowest BCUT2D eigenvalue weighted by atomic mass is 9.94. The third kappa shape index (κ3) is 1.83. The molecule has 2 aromatic carbocycles. The minimum Gasteiger partial charge on any atom is -0.272 e. The van der Waals surface area contributed by atoms with E-state index in [0.29, 0.717) is 23.2 Å². The lowest BCUT2D eigenvalue weighted by Gasteiger charge is -2.36. The van der Waals surface area contributed by atoms with E-state index in [4.69, 9.17) is 0 Å². The Kier molecular flexibility index (Phi) is 2.84. The summed E-state index contributed by atoms with van der Waals surface area (Å²) in [7, 11) is 0. The molecule has 2 aromatic rings. The van der Waals surface area contributed by atoms with E-state index in [2.05, 4.69) is 0 Å². The fraction of sp³-hybridized carbons (Fsp3) is 0.167. The van der Waals surface area contributed by atoms with Crippen molar-refractivity contribution in [1.29, 1.82) is 0 Å². The van der Waals surface area contributed by atoms with Gasteiger partial charge in [-0.05, 0) is 30.2 Å². The number of hydrogen-bond acceptors (Lipinski definition) is 3. The summed E-state index contributed by atoms with van der Waals surface area (Å²) in [5, 5.41) is 2.22. The first-order valence-corrected chi connectivity index (χ1v) is 7.49. The molecule has 1 unspecified atom stereocenters. The number of anilines is 1. The van der Waals surface area contributed by atoms with Crippen molar-refractivity contribution in [3.8, 4) is 0 Å². The summed E-state index contributed by atoms with van der Waals surface area (Å²) in [6, 6.07) is 14.0. The number of imide groups is 1. The molecule has 4 rings (SSSR count). The van der Waals surface area contributed by atoms with Crippen LogP contribution in [-0.2, 0) is 11.2 Å². The average Bonchev–Trinajstić information content (AvgIpc) is 2.81. The Hall–Kier alpha value is -2.95. The minimum absolute atomic E-state index is 0.238. The number of hydrogen-bond donors (Lipinski definition) is 0. The lowest BCUT2D eigenvalue weighted by molar-refractivity contribution is -0.124. The number of carbonyl (C=O) groups is 3. The van der Waals surface area contributed by atoms with Crippen molar-refractivity contribution in [1.82, 2.24) is 5.01 Å². The summed E-state index contributed by atoms with van der Waals surface area (Å²) in [5.74, 6) is -1.43. The predicted molar refractivity (Wildman–Crippen MR) is 83.7 cm³/mol. The van der Waals surface area contributed by atoms with Crippen LogP contribution in [0.15, 0.2) is 48.5 Å². The van der Waals surface area contributed by atoms with Gasteiger partial charge in [0.05, 0.1) is 16.8 Å². The lowest BCUT2D eigenvalue weighted by Crippen LogP contribution is -2.54. The zero-order chi connectivity index (χ0) is 16.1. The van der Waals surface area contributed by atoms with Gasteiger partial charge in [-0.1, -0.05) is 37.3 Å². The van der Waals surface area contributed by atoms with Gasteiger partial charge in [0.2, 0.25) is 5.91 Å². The standard InChI is InChI=1S/C18H14N2O3/c1-11-10-12-6-2-5-9-15(12)19(16(11)21)20-17(22)13-7-3-4-8-14(13)18(20)23/h2-9,11H,10H2,1H3. The number of rotatable bonds is 1. The fourth-order valence-electron chi connectivity index (χ4n) is 3.20. The van der Waals surface area contributed by atoms with E-state index in [1.165, 1.54) is 5.01 Å². The van der Waals surface area contributed by atoms with Gasteiger partial charge in [-0.15, -0.1) is 0 Å². The largest absolute Gasteiger partial charge is 0.281 e. The van der Waals surface area contributed by atoms with Crippen LogP contribution in [0, 0.1) is 5.92 Å². The molecule has 0 aromatic heterocycles. The molecule has 0 aliphatic carbocycles. The van der Waals surface area contributed by atoms with E-state index >= 15 is 0 Å². The SMILES string of the molecule is CC1Cc2ccccc2N(N2C(=O)c3ccccc3C2=O)C1=O. The Morgan fingerprint density at radius 1 is 0.826 bits per heavy atom. The molecule has 0 N–H and O–H groups in total. The van der Waals surface area contributed by atoms with Crippen molar-refractivity contribution < 1.29 is 14.4 Å². The van der Waals surface area contributed by atoms with Gasteiger partial charge in [-0.2, -0.15) is 5.01 Å². The molecule has 114 valence electrons. The number of nitrogens with zero attached hydrogens (tertiary/aromatic N) is 2. The molecule has 0 saturated heterocycles. The van der Waals surface area contributed by atoms with Crippen molar-refractivity contribution in [2.24, 2.45) is 5.92 Å². The molecule has 3 amide bonds. The van der Waals surface area contributed by atoms with Gasteiger partial charge >= 0.3 is 0 Å². The molecule has 2 aliphatic rings. The highest BCUT2D eigenvalue weighted by atomic mass is 16.2. The summed E-state index contributed by atoms with van der Waals surface area (Å²) in [6.07, 6.45) is 0.606. The van der Waals surface area contributed by atoms with Crippen LogP contribution in [0.5, 0.6) is 0 Å². The van der Waals surface area contributed by atoms with Gasteiger partial charge in [0.15, 0.2) is 0 Å². The maximum atomic E-state index is 12.7. The first-order valence-electron chi connectivity index (χ1n) is 7.49. The third-order valence-electron chi connectivity index (χ3n) is 4.35. The van der Waals surface area contributed by atoms with Crippen LogP contribution < -0.4 is 5.01 Å². The summed E-state index contributed by atoms with van der Waals surface area (Å²) >= 11 is 0. The number of benzene rings is 2. The van der Waals surface area contributed by atoms with Gasteiger partial charge in [0.1, 0.15) is 0 Å². The second kappa shape index (κ2) is 4.78. The normalized spacial score (nSPS) is 19.9. The highest BCUT2D eigenvalue weighted by Gasteiger charge is 2.44. The van der Waals surface area contributed by atoms with Crippen LogP contribution in [0.3, 0.4) is 0 Å². The van der Waals surface area contributed by atoms with Gasteiger partial charge in [-0.3, -0.25) is 14.4 Å². The Bertz CT molecular complexity index is 824. The molecule has 5 nitrogen and oxygen atoms in total. The number of hydrazine groups is 1. The zero-order valence-corrected chi connectivity index (χ0v) is 12.5. The molecule has 0 bridgehead atoms. The summed E-state index contributed by atoms with van der Waals surface area (Å²) in [4.78, 5) is 38.1. The molecule has 5 heteroatoms. The van der Waals surface area contributed by atoms with Gasteiger partial charge in [0, 0.05) is 5.92 Å². The Morgan fingerprint density at radius 3 is 2.04 bits per heavy atom. The van der Waals surface area contributed by atoms with Crippen LogP contribution in [-0.4, -0.2) is 22.7 Å². The third-order valence-corrected chi connectivity index (χ3v) is 4.35. The molecular formula is C18H14N2O3. The van der Waals surface area contributed by atoms with Crippen molar-refractivity contribution >= 4 is 23.4 Å². The maximum Gasteiger partial charge on any atom is 0.281 e. The second-order valence-electron chi connectivity index (χ2n) is 5.85. The zero-order valence-electron chi connectivity index (χ0n) is 12.5. The highest BCUT2D eigenvalue weighted by Crippen LogP contribution is 2.35. The molecule has 2 aliphatic heterocycles. The van der Waals surface area contributed by atoms with Crippen LogP contribution >= 0.6 is 0 Å². The molecule has 23 heavy (non-hydrogen) atoms. The Balaban J connectivity index is 1.87. The molecule has 0 radical (unpaired) electrons. The quantitative estimate of drug-likeness (QED) is 0.760. The smallest absolute Gasteiger partial charge is 0.272 e. The molecular weight excluding hydrogens is 292 g/mol. The van der Waals surface area contributed by atoms with E-state index < -0.39 is 11.8 Å². The van der Waals surface area contributed by atoms with Crippen LogP contribution in [0.2, 0.25) is 0 Å². The van der Waals surface area contributed by atoms with E-state index in [1.807, 2.05) is 19.1 Å². The first kappa shape index (κ1) is 13.7. The molecule has 2 heterocycles. The number of amides is 3. The van der Waals surface area contributed by atoms with E-state index in [0.717, 1.165) is 10.6 Å². The van der Waals surface area contributed by atoms with Crippen molar-refractivity contribution in [2.45, 2.75) is 13.3 Å². The van der Waals surface area contributed by atoms with Crippen LogP contribution in [0.4, 0.5) is 5.69 Å². The first-order chi connectivity index (χ1) is 11.1. The van der Waals surface area contributed by atoms with Crippen LogP contribution in [0.1, 0.15) is 33.2 Å². The predicted octanol–water partition coefficient (Wildman–Crippen LogP) is 2.42. The van der Waals surface area contributed by atoms with Gasteiger partial charge in [-0.25, -0.2) is 5.01 Å². The van der Waals surface area contributed by atoms with E-state index in [-0.39, 0.29) is 11.8 Å². The highest BCUT2D eigenvalue weighted by molar-refractivity contribution is 6.24. The summed E-state index contributed by atoms with van der Waals surface area (Å²) < 4.78 is 0. The summed E-state index contributed by atoms with van der Waals surface area (Å²) in [5.41, 5.74) is 2.23. The number of para-hydroxylation sites is 1. The van der Waals surface area contributed by atoms with Crippen molar-refractivity contribution in [2.75, 3.05) is 5.01 Å². The van der Waals surface area contributed by atoms with Gasteiger partial charge < -0.3 is 0 Å². The average molecular weight is 306 g/mol. The van der Waals surface area contributed by atoms with Crippen molar-refractivity contribution in [3.63, 3.8) is 0 Å². The van der Waals surface area contributed by atoms with E-state index in [1.54, 1.807) is 36.4 Å². The molecule has 0 saturated carbocycles. The Morgan fingerprint density at radius 2 is 1.39 bits per heavy atom. The van der Waals surface area contributed by atoms with Gasteiger partial charge in [0.25, 0.3) is 11.8 Å². The molecule has 0 spiro atoms. The maximum absolute atomic E-state index is 12.7. The second-order valence-corrected chi connectivity index (χ2v) is 5.85. The monoisotopic (exact) mass is 306 g/mol. The number of carbonyl (C=O) groups excluding carboxylic acids is 3. The molecule has 0 fully saturated rings. The Labute approximate surface area is 133 Å². The fourth-order valence-corrected chi connectivity index (χ4v) is 3.20. The number of fused-ring (bicyclic) bond motifs is 2. The van der Waals surface area contributed by atoms with Crippen molar-refractivity contribution in [3.05, 3.63) is 65.2 Å². The summed E-state index contributed by atoms with van der Waals surface area (Å²) in [6.45, 7) is 1.81. The molecule has 1 atom stereocenters. The van der Waals surface area contributed by atoms with Crippen LogP contribution in [0.25, 0.3) is 0 Å². The topological polar surface area (TPSA) is 57.7 Å².